The third kappa shape index (κ3) is 5.50. The van der Waals surface area contributed by atoms with Gasteiger partial charge in [-0.15, -0.1) is 0 Å². The van der Waals surface area contributed by atoms with Crippen LogP contribution in [0.5, 0.6) is 0 Å². The molecule has 0 radical (unpaired) electrons. The fourth-order valence-electron chi connectivity index (χ4n) is 3.65. The van der Waals surface area contributed by atoms with Gasteiger partial charge in [-0.3, -0.25) is 4.99 Å². The quantitative estimate of drug-likeness (QED) is 0.605. The van der Waals surface area contributed by atoms with E-state index in [0.29, 0.717) is 5.92 Å². The molecule has 1 aliphatic heterocycles. The van der Waals surface area contributed by atoms with Crippen molar-refractivity contribution in [1.82, 2.24) is 10.2 Å². The molecule has 4 heteroatoms. The first-order valence-corrected chi connectivity index (χ1v) is 8.85. The lowest BCUT2D eigenvalue weighted by Gasteiger charge is -2.23. The summed E-state index contributed by atoms with van der Waals surface area (Å²) < 4.78 is 5.29. The van der Waals surface area contributed by atoms with Gasteiger partial charge < -0.3 is 15.0 Å². The standard InChI is InChI=1S/C17H33N3O/c1-3-18-17(20-12-10-16(13-20)14-21-2)19-11-9-15-7-5-4-6-8-15/h15-16H,3-14H2,1-2H3,(H,18,19). The van der Waals surface area contributed by atoms with Crippen molar-refractivity contribution in [3.8, 4) is 0 Å². The summed E-state index contributed by atoms with van der Waals surface area (Å²) in [7, 11) is 1.80. The van der Waals surface area contributed by atoms with Gasteiger partial charge in [0.2, 0.25) is 0 Å². The minimum absolute atomic E-state index is 0.664. The van der Waals surface area contributed by atoms with E-state index in [4.69, 9.17) is 9.73 Å². The molecule has 1 atom stereocenters. The van der Waals surface area contributed by atoms with E-state index in [-0.39, 0.29) is 0 Å². The second-order valence-corrected chi connectivity index (χ2v) is 6.58. The summed E-state index contributed by atoms with van der Waals surface area (Å²) >= 11 is 0. The number of hydrogen-bond acceptors (Lipinski definition) is 2. The maximum atomic E-state index is 5.29. The Bertz CT molecular complexity index is 313. The first kappa shape index (κ1) is 16.6. The predicted molar refractivity (Wildman–Crippen MR) is 88.7 cm³/mol. The van der Waals surface area contributed by atoms with E-state index in [2.05, 4.69) is 17.1 Å². The van der Waals surface area contributed by atoms with Crippen LogP contribution in [-0.2, 0) is 4.74 Å². The van der Waals surface area contributed by atoms with Crippen molar-refractivity contribution in [2.75, 3.05) is 39.9 Å². The maximum absolute atomic E-state index is 5.29. The van der Waals surface area contributed by atoms with Crippen LogP contribution in [0.15, 0.2) is 4.99 Å². The zero-order valence-corrected chi connectivity index (χ0v) is 13.9. The number of ether oxygens (including phenoxy) is 1. The molecule has 2 aliphatic rings. The van der Waals surface area contributed by atoms with Crippen molar-refractivity contribution in [1.29, 1.82) is 0 Å². The lowest BCUT2D eigenvalue weighted by Crippen LogP contribution is -2.40. The molecule has 0 aromatic rings. The first-order chi connectivity index (χ1) is 10.3. The molecule has 122 valence electrons. The van der Waals surface area contributed by atoms with E-state index in [0.717, 1.165) is 44.7 Å². The average Bonchev–Trinajstić information content (AvgIpc) is 2.96. The van der Waals surface area contributed by atoms with E-state index >= 15 is 0 Å². The summed E-state index contributed by atoms with van der Waals surface area (Å²) in [6, 6.07) is 0. The topological polar surface area (TPSA) is 36.9 Å². The molecule has 0 amide bonds. The van der Waals surface area contributed by atoms with E-state index < -0.39 is 0 Å². The molecule has 21 heavy (non-hydrogen) atoms. The Balaban J connectivity index is 1.78. The van der Waals surface area contributed by atoms with Crippen LogP contribution in [0.2, 0.25) is 0 Å². The van der Waals surface area contributed by atoms with Crippen LogP contribution in [0.4, 0.5) is 0 Å². The average molecular weight is 295 g/mol. The molecule has 1 N–H and O–H groups in total. The van der Waals surface area contributed by atoms with Gasteiger partial charge >= 0.3 is 0 Å². The number of rotatable bonds is 6. The van der Waals surface area contributed by atoms with Gasteiger partial charge in [0.05, 0.1) is 6.61 Å². The van der Waals surface area contributed by atoms with Gasteiger partial charge in [0.25, 0.3) is 0 Å². The second-order valence-electron chi connectivity index (χ2n) is 6.58. The minimum Gasteiger partial charge on any atom is -0.384 e. The fraction of sp³-hybridized carbons (Fsp3) is 0.941. The van der Waals surface area contributed by atoms with Gasteiger partial charge in [-0.25, -0.2) is 0 Å². The van der Waals surface area contributed by atoms with Crippen molar-refractivity contribution < 1.29 is 4.74 Å². The highest BCUT2D eigenvalue weighted by molar-refractivity contribution is 5.80. The van der Waals surface area contributed by atoms with Crippen LogP contribution in [-0.4, -0.2) is 50.8 Å². The number of likely N-dealkylation sites (tertiary alicyclic amines) is 1. The highest BCUT2D eigenvalue weighted by Gasteiger charge is 2.24. The number of nitrogens with one attached hydrogen (secondary N) is 1. The van der Waals surface area contributed by atoms with E-state index in [1.807, 2.05) is 0 Å². The molecule has 0 spiro atoms. The van der Waals surface area contributed by atoms with Crippen LogP contribution >= 0.6 is 0 Å². The van der Waals surface area contributed by atoms with Crippen LogP contribution in [0, 0.1) is 11.8 Å². The van der Waals surface area contributed by atoms with Gasteiger partial charge in [0.1, 0.15) is 0 Å². The molecule has 2 fully saturated rings. The van der Waals surface area contributed by atoms with Crippen LogP contribution in [0.3, 0.4) is 0 Å². The highest BCUT2D eigenvalue weighted by Crippen LogP contribution is 2.26. The fourth-order valence-corrected chi connectivity index (χ4v) is 3.65. The summed E-state index contributed by atoms with van der Waals surface area (Å²) in [5.41, 5.74) is 0. The van der Waals surface area contributed by atoms with Crippen molar-refractivity contribution in [3.05, 3.63) is 0 Å². The van der Waals surface area contributed by atoms with E-state index in [1.165, 1.54) is 44.9 Å². The number of hydrogen-bond donors (Lipinski definition) is 1. The third-order valence-corrected chi connectivity index (χ3v) is 4.85. The number of aliphatic imine (C=N–C) groups is 1. The Hall–Kier alpha value is -0.770. The Labute approximate surface area is 130 Å². The molecule has 4 nitrogen and oxygen atoms in total. The highest BCUT2D eigenvalue weighted by atomic mass is 16.5. The Kier molecular flexibility index (Phi) is 7.34. The summed E-state index contributed by atoms with van der Waals surface area (Å²) in [6.07, 6.45) is 9.64. The minimum atomic E-state index is 0.664. The van der Waals surface area contributed by atoms with Gasteiger partial charge in [-0.1, -0.05) is 32.1 Å². The molecule has 0 aromatic carbocycles. The number of methoxy groups -OCH3 is 1. The van der Waals surface area contributed by atoms with Crippen LogP contribution in [0.25, 0.3) is 0 Å². The molecule has 1 saturated carbocycles. The van der Waals surface area contributed by atoms with Crippen molar-refractivity contribution in [2.24, 2.45) is 16.8 Å². The Morgan fingerprint density at radius 3 is 2.71 bits per heavy atom. The second kappa shape index (κ2) is 9.29. The lowest BCUT2D eigenvalue weighted by atomic mass is 9.87. The molecular weight excluding hydrogens is 262 g/mol. The molecule has 1 aliphatic carbocycles. The molecule has 2 rings (SSSR count). The SMILES string of the molecule is CCNC(=NCCC1CCCCC1)N1CCC(COC)C1. The molecular formula is C17H33N3O. The summed E-state index contributed by atoms with van der Waals surface area (Å²) in [5, 5.41) is 3.46. The van der Waals surface area contributed by atoms with Crippen LogP contribution in [0.1, 0.15) is 51.9 Å². The van der Waals surface area contributed by atoms with E-state index in [9.17, 15) is 0 Å². The van der Waals surface area contributed by atoms with Crippen molar-refractivity contribution in [2.45, 2.75) is 51.9 Å². The van der Waals surface area contributed by atoms with Crippen molar-refractivity contribution in [3.63, 3.8) is 0 Å². The van der Waals surface area contributed by atoms with Gasteiger partial charge in [0.15, 0.2) is 5.96 Å². The van der Waals surface area contributed by atoms with Gasteiger partial charge in [0, 0.05) is 39.2 Å². The smallest absolute Gasteiger partial charge is 0.193 e. The molecule has 1 saturated heterocycles. The number of guanidine groups is 1. The summed E-state index contributed by atoms with van der Waals surface area (Å²) in [5.74, 6) is 2.70. The van der Waals surface area contributed by atoms with Crippen molar-refractivity contribution >= 4 is 5.96 Å². The maximum Gasteiger partial charge on any atom is 0.193 e. The monoisotopic (exact) mass is 295 g/mol. The first-order valence-electron chi connectivity index (χ1n) is 8.85. The zero-order chi connectivity index (χ0) is 14.9. The molecule has 0 aromatic heterocycles. The lowest BCUT2D eigenvalue weighted by molar-refractivity contribution is 0.157. The molecule has 1 unspecified atom stereocenters. The predicted octanol–water partition coefficient (Wildman–Crippen LogP) is 2.89. The van der Waals surface area contributed by atoms with Crippen LogP contribution < -0.4 is 5.32 Å². The third-order valence-electron chi connectivity index (χ3n) is 4.85. The van der Waals surface area contributed by atoms with Gasteiger partial charge in [-0.2, -0.15) is 0 Å². The molecule has 1 heterocycles. The summed E-state index contributed by atoms with van der Waals surface area (Å²) in [6.45, 7) is 7.16. The number of nitrogens with zero attached hydrogens (tertiary/aromatic N) is 2. The Morgan fingerprint density at radius 2 is 2.00 bits per heavy atom. The summed E-state index contributed by atoms with van der Waals surface area (Å²) in [4.78, 5) is 7.29. The normalized spacial score (nSPS) is 24.6. The Morgan fingerprint density at radius 1 is 1.19 bits per heavy atom. The largest absolute Gasteiger partial charge is 0.384 e. The zero-order valence-electron chi connectivity index (χ0n) is 13.9. The van der Waals surface area contributed by atoms with E-state index in [1.54, 1.807) is 7.11 Å². The van der Waals surface area contributed by atoms with Gasteiger partial charge in [-0.05, 0) is 25.7 Å². The molecule has 0 bridgehead atoms.